The van der Waals surface area contributed by atoms with E-state index in [1.54, 1.807) is 0 Å². The van der Waals surface area contributed by atoms with Gasteiger partial charge in [0.05, 0.1) is 19.6 Å². The van der Waals surface area contributed by atoms with Crippen LogP contribution in [0.4, 0.5) is 0 Å². The van der Waals surface area contributed by atoms with Crippen molar-refractivity contribution in [1.82, 2.24) is 0 Å². The Labute approximate surface area is 144 Å². The van der Waals surface area contributed by atoms with Gasteiger partial charge in [-0.1, -0.05) is 58.8 Å². The van der Waals surface area contributed by atoms with Crippen molar-refractivity contribution in [3.8, 4) is 0 Å². The van der Waals surface area contributed by atoms with Crippen molar-refractivity contribution >= 4 is 5.97 Å². The maximum Gasteiger partial charge on any atom is 0.0799 e. The lowest BCUT2D eigenvalue weighted by molar-refractivity contribution is -0.909. The van der Waals surface area contributed by atoms with Gasteiger partial charge < -0.3 is 14.8 Å². The number of unbranched alkanes of at least 4 members (excludes halogenated alkanes) is 7. The zero-order chi connectivity index (χ0) is 17.3. The highest BCUT2D eigenvalue weighted by molar-refractivity contribution is 5.60. The van der Waals surface area contributed by atoms with Crippen molar-refractivity contribution in [2.45, 2.75) is 97.8 Å². The third kappa shape index (κ3) is 16.1. The molecule has 23 heavy (non-hydrogen) atoms. The molecule has 0 aromatic rings. The Bertz CT molecular complexity index is 264. The lowest BCUT2D eigenvalue weighted by Gasteiger charge is -2.30. The Hall–Kier alpha value is -0.570. The van der Waals surface area contributed by atoms with Crippen molar-refractivity contribution < 1.29 is 14.8 Å². The van der Waals surface area contributed by atoms with Gasteiger partial charge in [-0.15, -0.1) is 0 Å². The highest BCUT2D eigenvalue weighted by atomic mass is 16.4. The van der Waals surface area contributed by atoms with Gasteiger partial charge in [0.25, 0.3) is 0 Å². The molecule has 2 unspecified atom stereocenters. The number of piperidine rings is 1. The van der Waals surface area contributed by atoms with Crippen molar-refractivity contribution in [3.05, 3.63) is 0 Å². The number of carbonyl (C=O) groups excluding carboxylic acids is 1. The van der Waals surface area contributed by atoms with Crippen LogP contribution in [0, 0.1) is 5.92 Å². The predicted molar refractivity (Wildman–Crippen MR) is 96.5 cm³/mol. The summed E-state index contributed by atoms with van der Waals surface area (Å²) in [5.74, 6) is -0.0340. The fraction of sp³-hybridized carbons (Fsp3) is 0.950. The molecule has 1 aliphatic heterocycles. The Kier molecular flexibility index (Phi) is 15.9. The summed E-state index contributed by atoms with van der Waals surface area (Å²) in [5.41, 5.74) is 0. The zero-order valence-corrected chi connectivity index (χ0v) is 16.0. The Morgan fingerprint density at radius 1 is 1.00 bits per heavy atom. The van der Waals surface area contributed by atoms with Crippen LogP contribution in [0.2, 0.25) is 0 Å². The van der Waals surface area contributed by atoms with Crippen LogP contribution in [-0.2, 0) is 4.79 Å². The van der Waals surface area contributed by atoms with Crippen molar-refractivity contribution in [3.63, 3.8) is 0 Å². The molecule has 1 heterocycles. The molecule has 0 saturated carbocycles. The van der Waals surface area contributed by atoms with Gasteiger partial charge >= 0.3 is 0 Å². The van der Waals surface area contributed by atoms with Crippen LogP contribution in [-0.4, -0.2) is 25.6 Å². The maximum atomic E-state index is 8.89. The molecule has 0 radical (unpaired) electrons. The van der Waals surface area contributed by atoms with E-state index in [0.29, 0.717) is 0 Å². The van der Waals surface area contributed by atoms with Gasteiger partial charge in [-0.25, -0.2) is 0 Å². The van der Waals surface area contributed by atoms with Crippen LogP contribution in [0.5, 0.6) is 0 Å². The summed E-state index contributed by atoms with van der Waals surface area (Å²) in [5, 5.41) is 8.89. The minimum Gasteiger partial charge on any atom is -0.550 e. The number of hydrogen-bond donors (Lipinski definition) is 1. The van der Waals surface area contributed by atoms with Crippen molar-refractivity contribution in [2.75, 3.05) is 19.6 Å². The molecular formula is C20H41NO2. The third-order valence-corrected chi connectivity index (χ3v) is 4.82. The van der Waals surface area contributed by atoms with Crippen LogP contribution in [0.1, 0.15) is 97.8 Å². The summed E-state index contributed by atoms with van der Waals surface area (Å²) < 4.78 is 0. The molecule has 0 spiro atoms. The minimum absolute atomic E-state index is 0.972. The highest BCUT2D eigenvalue weighted by Crippen LogP contribution is 2.15. The summed E-state index contributed by atoms with van der Waals surface area (Å²) in [6.45, 7) is 9.99. The summed E-state index contributed by atoms with van der Waals surface area (Å²) in [6, 6.07) is 0. The number of nitrogens with one attached hydrogen (secondary N) is 1. The molecule has 1 aliphatic rings. The van der Waals surface area contributed by atoms with E-state index in [9.17, 15) is 0 Å². The van der Waals surface area contributed by atoms with E-state index >= 15 is 0 Å². The van der Waals surface area contributed by atoms with E-state index < -0.39 is 5.97 Å². The van der Waals surface area contributed by atoms with Crippen LogP contribution in [0.3, 0.4) is 0 Å². The second kappa shape index (κ2) is 16.3. The van der Waals surface area contributed by atoms with Gasteiger partial charge in [0.2, 0.25) is 0 Å². The first kappa shape index (κ1) is 22.4. The molecule has 3 heteroatoms. The average Bonchev–Trinajstić information content (AvgIpc) is 2.52. The van der Waals surface area contributed by atoms with E-state index in [0.717, 1.165) is 12.8 Å². The molecule has 1 saturated heterocycles. The number of carboxylic acids is 1. The fourth-order valence-electron chi connectivity index (χ4n) is 3.55. The first-order chi connectivity index (χ1) is 11.1. The van der Waals surface area contributed by atoms with Crippen LogP contribution < -0.4 is 10.0 Å². The topological polar surface area (TPSA) is 44.6 Å². The van der Waals surface area contributed by atoms with E-state index in [1.807, 2.05) is 4.90 Å². The Balaban J connectivity index is 0.00000108. The molecule has 1 rings (SSSR count). The SMILES string of the molecule is CC(=O)[O-].CCCCCCCCC[NH+]1CCCC(CCCC)C1. The summed E-state index contributed by atoms with van der Waals surface area (Å²) in [4.78, 5) is 10.8. The van der Waals surface area contributed by atoms with E-state index in [-0.39, 0.29) is 0 Å². The molecule has 3 nitrogen and oxygen atoms in total. The molecule has 0 aromatic carbocycles. The predicted octanol–water partition coefficient (Wildman–Crippen LogP) is 2.98. The quantitative estimate of drug-likeness (QED) is 0.593. The van der Waals surface area contributed by atoms with E-state index in [4.69, 9.17) is 9.90 Å². The van der Waals surface area contributed by atoms with Gasteiger partial charge in [0, 0.05) is 11.9 Å². The monoisotopic (exact) mass is 327 g/mol. The van der Waals surface area contributed by atoms with Gasteiger partial charge in [0.15, 0.2) is 0 Å². The molecule has 1 N–H and O–H groups in total. The maximum absolute atomic E-state index is 8.89. The molecule has 2 atom stereocenters. The number of likely N-dealkylation sites (tertiary alicyclic amines) is 1. The molecule has 0 aliphatic carbocycles. The van der Waals surface area contributed by atoms with Crippen LogP contribution in [0.25, 0.3) is 0 Å². The Morgan fingerprint density at radius 2 is 1.57 bits per heavy atom. The number of aliphatic carboxylic acids is 1. The molecular weight excluding hydrogens is 286 g/mol. The molecule has 0 amide bonds. The molecule has 0 aromatic heterocycles. The highest BCUT2D eigenvalue weighted by Gasteiger charge is 2.21. The van der Waals surface area contributed by atoms with E-state index in [1.165, 1.54) is 96.7 Å². The number of hydrogen-bond acceptors (Lipinski definition) is 2. The molecule has 1 fully saturated rings. The number of quaternary nitrogens is 1. The second-order valence-electron chi connectivity index (χ2n) is 7.22. The largest absolute Gasteiger partial charge is 0.550 e. The summed E-state index contributed by atoms with van der Waals surface area (Å²) in [6.07, 6.45) is 17.5. The van der Waals surface area contributed by atoms with Crippen molar-refractivity contribution in [2.24, 2.45) is 5.92 Å². The van der Waals surface area contributed by atoms with Crippen molar-refractivity contribution in [1.29, 1.82) is 0 Å². The van der Waals surface area contributed by atoms with Gasteiger partial charge in [-0.05, 0) is 39.0 Å². The lowest BCUT2D eigenvalue weighted by atomic mass is 9.92. The number of carbonyl (C=O) groups is 1. The third-order valence-electron chi connectivity index (χ3n) is 4.82. The van der Waals surface area contributed by atoms with Crippen LogP contribution >= 0.6 is 0 Å². The molecule has 138 valence electrons. The second-order valence-corrected chi connectivity index (χ2v) is 7.22. The van der Waals surface area contributed by atoms with Gasteiger partial charge in [-0.3, -0.25) is 0 Å². The van der Waals surface area contributed by atoms with Gasteiger partial charge in [-0.2, -0.15) is 0 Å². The normalized spacial score (nSPS) is 20.7. The number of carboxylic acid groups (broad SMARTS) is 1. The smallest absolute Gasteiger partial charge is 0.0799 e. The minimum atomic E-state index is -1.08. The Morgan fingerprint density at radius 3 is 2.17 bits per heavy atom. The first-order valence-corrected chi connectivity index (χ1v) is 10.1. The molecule has 0 bridgehead atoms. The fourth-order valence-corrected chi connectivity index (χ4v) is 3.55. The van der Waals surface area contributed by atoms with Crippen LogP contribution in [0.15, 0.2) is 0 Å². The summed E-state index contributed by atoms with van der Waals surface area (Å²) in [7, 11) is 0. The standard InChI is InChI=1S/C18H37N.C2H4O2/c1-3-5-7-8-9-10-11-15-19-16-12-14-18(17-19)13-6-4-2;1-2(3)4/h18H,3-17H2,1-2H3;1H3,(H,3,4). The zero-order valence-electron chi connectivity index (χ0n) is 16.0. The lowest BCUT2D eigenvalue weighted by Crippen LogP contribution is -3.13. The van der Waals surface area contributed by atoms with E-state index in [2.05, 4.69) is 13.8 Å². The summed E-state index contributed by atoms with van der Waals surface area (Å²) >= 11 is 0. The number of rotatable bonds is 11. The first-order valence-electron chi connectivity index (χ1n) is 10.1. The van der Waals surface area contributed by atoms with Gasteiger partial charge in [0.1, 0.15) is 0 Å². The average molecular weight is 328 g/mol.